The van der Waals surface area contributed by atoms with Gasteiger partial charge in [-0.15, -0.1) is 0 Å². The van der Waals surface area contributed by atoms with E-state index in [1.54, 1.807) is 13.8 Å². The topological polar surface area (TPSA) is 72.8 Å². The molecule has 4 aliphatic carbocycles. The smallest absolute Gasteiger partial charge is 0.437 e. The van der Waals surface area contributed by atoms with E-state index in [0.717, 1.165) is 38.5 Å². The lowest BCUT2D eigenvalue weighted by Gasteiger charge is -2.61. The molecule has 0 aliphatic heterocycles. The summed E-state index contributed by atoms with van der Waals surface area (Å²) in [7, 11) is 0. The van der Waals surface area contributed by atoms with Crippen LogP contribution in [0.1, 0.15) is 52.4 Å². The second kappa shape index (κ2) is 7.00. The highest BCUT2D eigenvalue weighted by atomic mass is 19.4. The largest absolute Gasteiger partial charge is 0.457 e. The zero-order valence-electron chi connectivity index (χ0n) is 16.5. The molecule has 0 aromatic carbocycles. The zero-order valence-corrected chi connectivity index (χ0v) is 16.5. The van der Waals surface area contributed by atoms with Gasteiger partial charge in [-0.3, -0.25) is 0 Å². The number of hydrogen-bond donors (Lipinski definition) is 1. The predicted octanol–water partition coefficient (Wildman–Crippen LogP) is 3.92. The van der Waals surface area contributed by atoms with E-state index in [-0.39, 0.29) is 5.41 Å². The van der Waals surface area contributed by atoms with Crippen LogP contribution in [0.3, 0.4) is 0 Å². The third-order valence-electron chi connectivity index (χ3n) is 7.12. The Morgan fingerprint density at radius 2 is 1.30 bits per heavy atom. The van der Waals surface area contributed by atoms with Gasteiger partial charge in [-0.1, -0.05) is 0 Å². The first-order valence-corrected chi connectivity index (χ1v) is 9.76. The first-order chi connectivity index (χ1) is 13.5. The van der Waals surface area contributed by atoms with Gasteiger partial charge in [0.2, 0.25) is 0 Å². The van der Waals surface area contributed by atoms with Crippen LogP contribution in [0.25, 0.3) is 0 Å². The van der Waals surface area contributed by atoms with Crippen molar-refractivity contribution in [3.63, 3.8) is 0 Å². The Kier molecular flexibility index (Phi) is 5.40. The van der Waals surface area contributed by atoms with Gasteiger partial charge in [0.25, 0.3) is 0 Å². The van der Waals surface area contributed by atoms with Crippen molar-refractivity contribution < 1.29 is 50.5 Å². The van der Waals surface area contributed by atoms with Crippen LogP contribution in [-0.4, -0.2) is 47.2 Å². The lowest BCUT2D eigenvalue weighted by Crippen LogP contribution is -2.63. The summed E-state index contributed by atoms with van der Waals surface area (Å²) in [4.78, 5) is 23.6. The van der Waals surface area contributed by atoms with Crippen molar-refractivity contribution in [2.75, 3.05) is 6.61 Å². The van der Waals surface area contributed by atoms with Gasteiger partial charge in [0, 0.05) is 5.41 Å². The number of aliphatic hydroxyl groups is 1. The number of carbonyl (C=O) groups excluding carboxylic acids is 2. The molecule has 0 aromatic rings. The molecule has 0 aromatic heterocycles. The zero-order chi connectivity index (χ0) is 22.8. The van der Waals surface area contributed by atoms with Gasteiger partial charge in [-0.2, -0.15) is 26.3 Å². The second-order valence-electron chi connectivity index (χ2n) is 9.46. The molecule has 0 amide bonds. The highest BCUT2D eigenvalue weighted by molar-refractivity contribution is 5.84. The molecular formula is C19H24F6O5. The molecular weight excluding hydrogens is 422 g/mol. The lowest BCUT2D eigenvalue weighted by atomic mass is 9.46. The second-order valence-corrected chi connectivity index (χ2v) is 9.46. The van der Waals surface area contributed by atoms with E-state index >= 15 is 0 Å². The number of carbonyl (C=O) groups is 2. The van der Waals surface area contributed by atoms with Gasteiger partial charge >= 0.3 is 29.9 Å². The number of alkyl halides is 6. The summed E-state index contributed by atoms with van der Waals surface area (Å²) in [5, 5.41) is 8.98. The van der Waals surface area contributed by atoms with Crippen LogP contribution < -0.4 is 0 Å². The van der Waals surface area contributed by atoms with Gasteiger partial charge in [-0.05, 0) is 70.1 Å². The average molecular weight is 446 g/mol. The molecule has 30 heavy (non-hydrogen) atoms. The summed E-state index contributed by atoms with van der Waals surface area (Å²) < 4.78 is 85.4. The van der Waals surface area contributed by atoms with Crippen LogP contribution in [-0.2, 0) is 19.1 Å². The van der Waals surface area contributed by atoms with Crippen LogP contribution in [0.2, 0.25) is 0 Å². The number of ether oxygens (including phenoxy) is 2. The fourth-order valence-electron chi connectivity index (χ4n) is 5.89. The Morgan fingerprint density at radius 1 is 0.900 bits per heavy atom. The minimum atomic E-state index is -6.37. The standard InChI is InChI=1S/C19H24F6O5/c1-15(2,16-6-10-3-11(7-16)5-12(4-10)8-16)30-13(26)9-29-14(27)17(28,18(20,21)22)19(23,24)25/h10-12,28H,3-9H2,1-2H3. The molecule has 0 spiro atoms. The summed E-state index contributed by atoms with van der Waals surface area (Å²) >= 11 is 0. The Labute approximate surface area is 169 Å². The number of hydrogen-bond acceptors (Lipinski definition) is 5. The average Bonchev–Trinajstić information content (AvgIpc) is 2.55. The predicted molar refractivity (Wildman–Crippen MR) is 88.8 cm³/mol. The molecule has 4 bridgehead atoms. The quantitative estimate of drug-likeness (QED) is 0.512. The molecule has 172 valence electrons. The molecule has 4 saturated carbocycles. The van der Waals surface area contributed by atoms with Crippen molar-refractivity contribution in [3.05, 3.63) is 0 Å². The van der Waals surface area contributed by atoms with Gasteiger partial charge in [0.05, 0.1) is 0 Å². The van der Waals surface area contributed by atoms with Crippen molar-refractivity contribution in [1.82, 2.24) is 0 Å². The summed E-state index contributed by atoms with van der Waals surface area (Å²) in [6.45, 7) is 1.87. The fourth-order valence-corrected chi connectivity index (χ4v) is 5.89. The summed E-state index contributed by atoms with van der Waals surface area (Å²) in [6, 6.07) is 0. The molecule has 0 unspecified atom stereocenters. The maximum atomic E-state index is 12.7. The number of esters is 2. The van der Waals surface area contributed by atoms with E-state index in [4.69, 9.17) is 9.84 Å². The van der Waals surface area contributed by atoms with E-state index in [2.05, 4.69) is 4.74 Å². The molecule has 4 fully saturated rings. The molecule has 0 saturated heterocycles. The summed E-state index contributed by atoms with van der Waals surface area (Å²) in [6.07, 6.45) is -6.88. The summed E-state index contributed by atoms with van der Waals surface area (Å²) in [5.74, 6) is -2.75. The van der Waals surface area contributed by atoms with Crippen molar-refractivity contribution in [2.24, 2.45) is 23.2 Å². The van der Waals surface area contributed by atoms with Gasteiger partial charge in [0.15, 0.2) is 6.61 Å². The van der Waals surface area contributed by atoms with E-state index in [1.165, 1.54) is 0 Å². The van der Waals surface area contributed by atoms with E-state index < -0.39 is 42.1 Å². The van der Waals surface area contributed by atoms with Gasteiger partial charge < -0.3 is 14.6 Å². The van der Waals surface area contributed by atoms with Crippen LogP contribution in [0.5, 0.6) is 0 Å². The highest BCUT2D eigenvalue weighted by Gasteiger charge is 2.76. The minimum absolute atomic E-state index is 0.319. The van der Waals surface area contributed by atoms with Gasteiger partial charge in [0.1, 0.15) is 5.60 Å². The van der Waals surface area contributed by atoms with Crippen LogP contribution >= 0.6 is 0 Å². The fraction of sp³-hybridized carbons (Fsp3) is 0.895. The Bertz CT molecular complexity index is 662. The van der Waals surface area contributed by atoms with Crippen molar-refractivity contribution in [1.29, 1.82) is 0 Å². The molecule has 5 nitrogen and oxygen atoms in total. The third-order valence-corrected chi connectivity index (χ3v) is 7.12. The number of halogens is 6. The van der Waals surface area contributed by atoms with E-state index in [9.17, 15) is 35.9 Å². The molecule has 0 radical (unpaired) electrons. The molecule has 4 rings (SSSR count). The highest BCUT2D eigenvalue weighted by Crippen LogP contribution is 2.64. The van der Waals surface area contributed by atoms with Gasteiger partial charge in [-0.25, -0.2) is 9.59 Å². The monoisotopic (exact) mass is 446 g/mol. The number of rotatable bonds is 5. The molecule has 1 N–H and O–H groups in total. The first-order valence-electron chi connectivity index (χ1n) is 9.76. The van der Waals surface area contributed by atoms with Crippen molar-refractivity contribution in [2.45, 2.75) is 75.9 Å². The third kappa shape index (κ3) is 3.67. The lowest BCUT2D eigenvalue weighted by molar-refractivity contribution is -0.356. The van der Waals surface area contributed by atoms with E-state index in [0.29, 0.717) is 17.8 Å². The van der Waals surface area contributed by atoms with Crippen LogP contribution in [0.4, 0.5) is 26.3 Å². The normalized spacial score (nSPS) is 31.6. The Balaban J connectivity index is 1.65. The summed E-state index contributed by atoms with van der Waals surface area (Å²) in [5.41, 5.74) is -7.08. The first kappa shape index (κ1) is 23.1. The minimum Gasteiger partial charge on any atom is -0.457 e. The molecule has 11 heteroatoms. The van der Waals surface area contributed by atoms with Crippen LogP contribution in [0.15, 0.2) is 0 Å². The maximum Gasteiger partial charge on any atom is 0.437 e. The van der Waals surface area contributed by atoms with E-state index in [1.807, 2.05) is 0 Å². The SMILES string of the molecule is CC(C)(OC(=O)COC(=O)C(O)(C(F)(F)F)C(F)(F)F)C12CC3CC(CC(C3)C1)C2. The Morgan fingerprint density at radius 3 is 1.67 bits per heavy atom. The molecule has 0 atom stereocenters. The molecule has 0 heterocycles. The van der Waals surface area contributed by atoms with Crippen LogP contribution in [0, 0.1) is 23.2 Å². The Hall–Kier alpha value is -1.52. The van der Waals surface area contributed by atoms with Crippen molar-refractivity contribution >= 4 is 11.9 Å². The molecule has 4 aliphatic rings. The van der Waals surface area contributed by atoms with Crippen molar-refractivity contribution in [3.8, 4) is 0 Å². The maximum absolute atomic E-state index is 12.7.